The van der Waals surface area contributed by atoms with Gasteiger partial charge in [-0.2, -0.15) is 5.26 Å². The summed E-state index contributed by atoms with van der Waals surface area (Å²) in [7, 11) is 0. The Hall–Kier alpha value is -2.19. The van der Waals surface area contributed by atoms with Crippen molar-refractivity contribution in [3.63, 3.8) is 0 Å². The van der Waals surface area contributed by atoms with Crippen LogP contribution in [0, 0.1) is 18.3 Å². The van der Waals surface area contributed by atoms with Crippen LogP contribution in [-0.2, 0) is 13.0 Å². The van der Waals surface area contributed by atoms with Gasteiger partial charge in [0.05, 0.1) is 12.1 Å². The molecule has 5 nitrogen and oxygen atoms in total. The molecule has 1 unspecified atom stereocenters. The Balaban J connectivity index is 1.91. The van der Waals surface area contributed by atoms with Crippen molar-refractivity contribution in [1.29, 1.82) is 5.26 Å². The molecule has 3 rings (SSSR count). The molecule has 1 aromatic carbocycles. The molecule has 1 aromatic heterocycles. The molecule has 0 radical (unpaired) electrons. The summed E-state index contributed by atoms with van der Waals surface area (Å²) in [5, 5.41) is 16.9. The summed E-state index contributed by atoms with van der Waals surface area (Å²) in [6, 6.07) is 10.7. The Bertz CT molecular complexity index is 643. The van der Waals surface area contributed by atoms with E-state index in [1.807, 2.05) is 0 Å². The lowest BCUT2D eigenvalue weighted by atomic mass is 9.94. The summed E-state index contributed by atoms with van der Waals surface area (Å²) >= 11 is 0. The molecule has 0 N–H and O–H groups in total. The first-order valence-corrected chi connectivity index (χ1v) is 6.75. The van der Waals surface area contributed by atoms with E-state index in [0.29, 0.717) is 18.2 Å². The lowest BCUT2D eigenvalue weighted by Crippen LogP contribution is -2.35. The summed E-state index contributed by atoms with van der Waals surface area (Å²) < 4.78 is 5.60. The maximum Gasteiger partial charge on any atom is 0.233 e. The van der Waals surface area contributed by atoms with E-state index in [1.54, 1.807) is 6.92 Å². The minimum atomic E-state index is 0.0689. The number of rotatable bonds is 3. The highest BCUT2D eigenvalue weighted by Gasteiger charge is 2.30. The first-order chi connectivity index (χ1) is 9.78. The topological polar surface area (TPSA) is 66.0 Å². The number of hydrogen-bond donors (Lipinski definition) is 0. The largest absolute Gasteiger partial charge is 0.424 e. The van der Waals surface area contributed by atoms with Crippen molar-refractivity contribution in [3.8, 4) is 6.07 Å². The van der Waals surface area contributed by atoms with Crippen LogP contribution in [0.4, 0.5) is 0 Å². The fourth-order valence-corrected chi connectivity index (χ4v) is 2.70. The minimum absolute atomic E-state index is 0.0689. The molecule has 1 atom stereocenters. The van der Waals surface area contributed by atoms with Crippen LogP contribution in [-0.4, -0.2) is 21.6 Å². The molecule has 5 heteroatoms. The van der Waals surface area contributed by atoms with Crippen LogP contribution in [0.5, 0.6) is 0 Å². The highest BCUT2D eigenvalue weighted by Crippen LogP contribution is 2.32. The Morgan fingerprint density at radius 1 is 1.35 bits per heavy atom. The standard InChI is InChI=1S/C15H16N4O/c1-11-17-18-15(20-11)14-9-12-5-2-3-6-13(12)10-19(14)8-4-7-16/h2-3,5-6,14H,4,8-10H2,1H3. The van der Waals surface area contributed by atoms with Crippen LogP contribution >= 0.6 is 0 Å². The van der Waals surface area contributed by atoms with Gasteiger partial charge >= 0.3 is 0 Å². The van der Waals surface area contributed by atoms with E-state index in [2.05, 4.69) is 45.4 Å². The smallest absolute Gasteiger partial charge is 0.233 e. The Labute approximate surface area is 117 Å². The lowest BCUT2D eigenvalue weighted by molar-refractivity contribution is 0.149. The molecule has 20 heavy (non-hydrogen) atoms. The van der Waals surface area contributed by atoms with Crippen LogP contribution < -0.4 is 0 Å². The van der Waals surface area contributed by atoms with Crippen molar-refractivity contribution in [2.24, 2.45) is 0 Å². The Morgan fingerprint density at radius 3 is 2.85 bits per heavy atom. The van der Waals surface area contributed by atoms with Crippen LogP contribution in [0.1, 0.15) is 35.4 Å². The number of fused-ring (bicyclic) bond motifs is 1. The third-order valence-corrected chi connectivity index (χ3v) is 3.68. The molecule has 2 heterocycles. The average molecular weight is 268 g/mol. The van der Waals surface area contributed by atoms with Crippen molar-refractivity contribution >= 4 is 0 Å². The number of nitriles is 1. The molecule has 0 bridgehead atoms. The molecule has 0 aliphatic carbocycles. The van der Waals surface area contributed by atoms with Crippen LogP contribution in [0.15, 0.2) is 28.7 Å². The quantitative estimate of drug-likeness (QED) is 0.855. The summed E-state index contributed by atoms with van der Waals surface area (Å²) in [6.45, 7) is 3.34. The van der Waals surface area contributed by atoms with Crippen molar-refractivity contribution in [3.05, 3.63) is 47.2 Å². The van der Waals surface area contributed by atoms with Crippen molar-refractivity contribution in [2.75, 3.05) is 6.54 Å². The number of aromatic nitrogens is 2. The summed E-state index contributed by atoms with van der Waals surface area (Å²) in [5.74, 6) is 1.23. The summed E-state index contributed by atoms with van der Waals surface area (Å²) in [4.78, 5) is 2.25. The maximum atomic E-state index is 8.83. The van der Waals surface area contributed by atoms with Gasteiger partial charge in [-0.05, 0) is 17.5 Å². The molecule has 1 aliphatic heterocycles. The minimum Gasteiger partial charge on any atom is -0.424 e. The van der Waals surface area contributed by atoms with Crippen LogP contribution in [0.2, 0.25) is 0 Å². The molecule has 0 saturated heterocycles. The van der Waals surface area contributed by atoms with Gasteiger partial charge in [0.2, 0.25) is 11.8 Å². The van der Waals surface area contributed by atoms with E-state index in [0.717, 1.165) is 19.5 Å². The predicted octanol–water partition coefficient (Wildman–Crippen LogP) is 2.39. The van der Waals surface area contributed by atoms with Crippen LogP contribution in [0.25, 0.3) is 0 Å². The van der Waals surface area contributed by atoms with E-state index in [-0.39, 0.29) is 6.04 Å². The van der Waals surface area contributed by atoms with E-state index in [4.69, 9.17) is 9.68 Å². The van der Waals surface area contributed by atoms with Crippen molar-refractivity contribution in [1.82, 2.24) is 15.1 Å². The van der Waals surface area contributed by atoms with Crippen molar-refractivity contribution in [2.45, 2.75) is 32.4 Å². The zero-order valence-electron chi connectivity index (χ0n) is 11.4. The van der Waals surface area contributed by atoms with Crippen LogP contribution in [0.3, 0.4) is 0 Å². The summed E-state index contributed by atoms with van der Waals surface area (Å²) in [6.07, 6.45) is 1.36. The van der Waals surface area contributed by atoms with Gasteiger partial charge in [0.25, 0.3) is 0 Å². The predicted molar refractivity (Wildman–Crippen MR) is 72.6 cm³/mol. The lowest BCUT2D eigenvalue weighted by Gasteiger charge is -2.34. The number of benzene rings is 1. The third kappa shape index (κ3) is 2.43. The highest BCUT2D eigenvalue weighted by atomic mass is 16.4. The Morgan fingerprint density at radius 2 is 2.15 bits per heavy atom. The average Bonchev–Trinajstić information content (AvgIpc) is 2.90. The molecule has 1 aliphatic rings. The molecule has 2 aromatic rings. The van der Waals surface area contributed by atoms with Gasteiger partial charge in [0.1, 0.15) is 0 Å². The summed E-state index contributed by atoms with van der Waals surface area (Å²) in [5.41, 5.74) is 2.64. The second kappa shape index (κ2) is 5.43. The molecule has 102 valence electrons. The van der Waals surface area contributed by atoms with Gasteiger partial charge in [-0.15, -0.1) is 10.2 Å². The van der Waals surface area contributed by atoms with E-state index < -0.39 is 0 Å². The monoisotopic (exact) mass is 268 g/mol. The van der Waals surface area contributed by atoms with Crippen molar-refractivity contribution < 1.29 is 4.42 Å². The van der Waals surface area contributed by atoms with Gasteiger partial charge < -0.3 is 4.42 Å². The molecular weight excluding hydrogens is 252 g/mol. The third-order valence-electron chi connectivity index (χ3n) is 3.68. The molecule has 0 saturated carbocycles. The molecular formula is C15H16N4O. The number of nitrogens with zero attached hydrogens (tertiary/aromatic N) is 4. The van der Waals surface area contributed by atoms with Gasteiger partial charge in [0, 0.05) is 26.4 Å². The highest BCUT2D eigenvalue weighted by molar-refractivity contribution is 5.30. The molecule has 0 spiro atoms. The van der Waals surface area contributed by atoms with E-state index in [9.17, 15) is 0 Å². The molecule has 0 amide bonds. The fourth-order valence-electron chi connectivity index (χ4n) is 2.70. The van der Waals surface area contributed by atoms with E-state index >= 15 is 0 Å². The Kier molecular flexibility index (Phi) is 3.48. The number of aryl methyl sites for hydroxylation is 1. The normalized spacial score (nSPS) is 18.5. The first-order valence-electron chi connectivity index (χ1n) is 6.75. The maximum absolute atomic E-state index is 8.83. The first kappa shape index (κ1) is 12.8. The second-order valence-electron chi connectivity index (χ2n) is 5.03. The second-order valence-corrected chi connectivity index (χ2v) is 5.03. The zero-order valence-corrected chi connectivity index (χ0v) is 11.4. The fraction of sp³-hybridized carbons (Fsp3) is 0.400. The van der Waals surface area contributed by atoms with Gasteiger partial charge in [0.15, 0.2) is 0 Å². The van der Waals surface area contributed by atoms with Gasteiger partial charge in [-0.25, -0.2) is 0 Å². The van der Waals surface area contributed by atoms with Gasteiger partial charge in [-0.1, -0.05) is 24.3 Å². The molecule has 0 fully saturated rings. The zero-order chi connectivity index (χ0) is 13.9. The number of hydrogen-bond acceptors (Lipinski definition) is 5. The van der Waals surface area contributed by atoms with Gasteiger partial charge in [-0.3, -0.25) is 4.90 Å². The SMILES string of the molecule is Cc1nnc(C2Cc3ccccc3CN2CCC#N)o1. The van der Waals surface area contributed by atoms with E-state index in [1.165, 1.54) is 11.1 Å².